The molecule has 0 radical (unpaired) electrons. The number of fused-ring (bicyclic) bond motifs is 1. The second-order valence-corrected chi connectivity index (χ2v) is 5.88. The topological polar surface area (TPSA) is 67.4 Å². The molecule has 2 aromatic carbocycles. The number of amides is 2. The Morgan fingerprint density at radius 2 is 1.88 bits per heavy atom. The largest absolute Gasteiger partial charge is 0.488 e. The van der Waals surface area contributed by atoms with Crippen LogP contribution in [0.5, 0.6) is 5.75 Å². The number of carbonyl (C=O) groups excluding carboxylic acids is 2. The molecule has 0 aromatic heterocycles. The summed E-state index contributed by atoms with van der Waals surface area (Å²) in [7, 11) is 0. The molecule has 1 aliphatic rings. The maximum atomic E-state index is 12.2. The van der Waals surface area contributed by atoms with Crippen LogP contribution < -0.4 is 15.4 Å². The lowest BCUT2D eigenvalue weighted by atomic mass is 10.1. The van der Waals surface area contributed by atoms with E-state index in [1.54, 1.807) is 12.1 Å². The Labute approximate surface area is 146 Å². The number of hydrogen-bond donors (Lipinski definition) is 2. The lowest BCUT2D eigenvalue weighted by Crippen LogP contribution is -2.34. The highest BCUT2D eigenvalue weighted by molar-refractivity contribution is 5.94. The molecule has 2 amide bonds. The Hall–Kier alpha value is -3.08. The molecule has 0 fully saturated rings. The molecule has 1 aliphatic heterocycles. The molecule has 0 aliphatic carbocycles. The number of carbonyl (C=O) groups is 2. The summed E-state index contributed by atoms with van der Waals surface area (Å²) in [5, 5.41) is 5.60. The lowest BCUT2D eigenvalue weighted by molar-refractivity contribution is -0.116. The van der Waals surface area contributed by atoms with Crippen molar-refractivity contribution in [2.24, 2.45) is 0 Å². The van der Waals surface area contributed by atoms with Gasteiger partial charge in [0.1, 0.15) is 11.9 Å². The van der Waals surface area contributed by atoms with E-state index < -0.39 is 0 Å². The van der Waals surface area contributed by atoms with Crippen LogP contribution in [0.25, 0.3) is 0 Å². The van der Waals surface area contributed by atoms with E-state index >= 15 is 0 Å². The Balaban J connectivity index is 1.49. The van der Waals surface area contributed by atoms with Crippen molar-refractivity contribution >= 4 is 11.8 Å². The minimum Gasteiger partial charge on any atom is -0.488 e. The third kappa shape index (κ3) is 4.26. The van der Waals surface area contributed by atoms with E-state index in [1.807, 2.05) is 36.4 Å². The predicted octanol–water partition coefficient (Wildman–Crippen LogP) is 2.22. The monoisotopic (exact) mass is 336 g/mol. The van der Waals surface area contributed by atoms with Gasteiger partial charge in [0.15, 0.2) is 0 Å². The van der Waals surface area contributed by atoms with E-state index in [4.69, 9.17) is 4.74 Å². The van der Waals surface area contributed by atoms with Crippen molar-refractivity contribution in [2.75, 3.05) is 6.54 Å². The Morgan fingerprint density at radius 3 is 2.60 bits per heavy atom. The van der Waals surface area contributed by atoms with Gasteiger partial charge in [0, 0.05) is 18.5 Å². The van der Waals surface area contributed by atoms with Gasteiger partial charge in [0.05, 0.1) is 6.54 Å². The third-order valence-corrected chi connectivity index (χ3v) is 4.07. The molecular weight excluding hydrogens is 316 g/mol. The zero-order valence-corrected chi connectivity index (χ0v) is 13.8. The smallest absolute Gasteiger partial charge is 0.251 e. The van der Waals surface area contributed by atoms with E-state index in [9.17, 15) is 9.59 Å². The summed E-state index contributed by atoms with van der Waals surface area (Å²) in [6.45, 7) is 4.27. The van der Waals surface area contributed by atoms with Crippen molar-refractivity contribution in [3.63, 3.8) is 0 Å². The van der Waals surface area contributed by atoms with Gasteiger partial charge in [-0.2, -0.15) is 0 Å². The van der Waals surface area contributed by atoms with Crippen LogP contribution in [-0.2, 0) is 17.8 Å². The first-order valence-electron chi connectivity index (χ1n) is 8.17. The summed E-state index contributed by atoms with van der Waals surface area (Å²) in [4.78, 5) is 23.4. The average Bonchev–Trinajstić information content (AvgIpc) is 3.07. The molecule has 3 rings (SSSR count). The SMILES string of the molecule is C=CC(=O)NCc1ccc(C(=O)NCC2Cc3ccccc3O2)cc1. The van der Waals surface area contributed by atoms with Crippen LogP contribution in [-0.4, -0.2) is 24.5 Å². The van der Waals surface area contributed by atoms with E-state index in [0.717, 1.165) is 17.7 Å². The van der Waals surface area contributed by atoms with Crippen molar-refractivity contribution in [2.45, 2.75) is 19.1 Å². The van der Waals surface area contributed by atoms with Crippen LogP contribution in [0, 0.1) is 0 Å². The molecule has 5 nitrogen and oxygen atoms in total. The highest BCUT2D eigenvalue weighted by atomic mass is 16.5. The fourth-order valence-electron chi connectivity index (χ4n) is 2.71. The van der Waals surface area contributed by atoms with Crippen molar-refractivity contribution in [1.82, 2.24) is 10.6 Å². The van der Waals surface area contributed by atoms with E-state index in [2.05, 4.69) is 17.2 Å². The van der Waals surface area contributed by atoms with Crippen molar-refractivity contribution < 1.29 is 14.3 Å². The lowest BCUT2D eigenvalue weighted by Gasteiger charge is -2.12. The average molecular weight is 336 g/mol. The summed E-state index contributed by atoms with van der Waals surface area (Å²) in [5.41, 5.74) is 2.67. The van der Waals surface area contributed by atoms with Crippen LogP contribution in [0.15, 0.2) is 61.2 Å². The van der Waals surface area contributed by atoms with E-state index in [0.29, 0.717) is 18.7 Å². The number of hydrogen-bond acceptors (Lipinski definition) is 3. The summed E-state index contributed by atoms with van der Waals surface area (Å²) in [5.74, 6) is 0.535. The van der Waals surface area contributed by atoms with Crippen molar-refractivity contribution in [3.8, 4) is 5.75 Å². The van der Waals surface area contributed by atoms with Crippen LogP contribution in [0.3, 0.4) is 0 Å². The second-order valence-electron chi connectivity index (χ2n) is 5.88. The van der Waals surface area contributed by atoms with Gasteiger partial charge < -0.3 is 15.4 Å². The molecular formula is C20H20N2O3. The molecule has 25 heavy (non-hydrogen) atoms. The van der Waals surface area contributed by atoms with E-state index in [-0.39, 0.29) is 17.9 Å². The molecule has 1 heterocycles. The first-order chi connectivity index (χ1) is 12.2. The number of para-hydroxylation sites is 1. The number of rotatable bonds is 6. The second kappa shape index (κ2) is 7.66. The molecule has 0 bridgehead atoms. The highest BCUT2D eigenvalue weighted by Gasteiger charge is 2.22. The Kier molecular flexibility index (Phi) is 5.14. The van der Waals surface area contributed by atoms with Gasteiger partial charge >= 0.3 is 0 Å². The minimum atomic E-state index is -0.223. The maximum Gasteiger partial charge on any atom is 0.251 e. The van der Waals surface area contributed by atoms with Gasteiger partial charge in [-0.3, -0.25) is 9.59 Å². The highest BCUT2D eigenvalue weighted by Crippen LogP contribution is 2.27. The van der Waals surface area contributed by atoms with Crippen LogP contribution in [0.4, 0.5) is 0 Å². The third-order valence-electron chi connectivity index (χ3n) is 4.07. The normalized spacial score (nSPS) is 15.0. The maximum absolute atomic E-state index is 12.2. The molecule has 0 saturated heterocycles. The summed E-state index contributed by atoms with van der Waals surface area (Å²) in [6, 6.07) is 15.0. The molecule has 1 atom stereocenters. The Morgan fingerprint density at radius 1 is 1.12 bits per heavy atom. The predicted molar refractivity (Wildman–Crippen MR) is 95.4 cm³/mol. The number of ether oxygens (including phenoxy) is 1. The molecule has 1 unspecified atom stereocenters. The fourth-order valence-corrected chi connectivity index (χ4v) is 2.71. The van der Waals surface area contributed by atoms with Crippen LogP contribution in [0.1, 0.15) is 21.5 Å². The van der Waals surface area contributed by atoms with E-state index in [1.165, 1.54) is 11.6 Å². The van der Waals surface area contributed by atoms with Gasteiger partial charge in [-0.1, -0.05) is 36.9 Å². The van der Waals surface area contributed by atoms with Gasteiger partial charge in [-0.25, -0.2) is 0 Å². The summed E-state index contributed by atoms with van der Waals surface area (Å²) >= 11 is 0. The quantitative estimate of drug-likeness (QED) is 0.795. The molecule has 2 aromatic rings. The fraction of sp³-hybridized carbons (Fsp3) is 0.200. The molecule has 5 heteroatoms. The summed E-state index contributed by atoms with van der Waals surface area (Å²) < 4.78 is 5.81. The first kappa shape index (κ1) is 16.8. The van der Waals surface area contributed by atoms with Crippen molar-refractivity contribution in [3.05, 3.63) is 77.9 Å². The zero-order chi connectivity index (χ0) is 17.6. The van der Waals surface area contributed by atoms with Gasteiger partial charge in [0.2, 0.25) is 5.91 Å². The molecule has 128 valence electrons. The zero-order valence-electron chi connectivity index (χ0n) is 13.8. The molecule has 0 saturated carbocycles. The van der Waals surface area contributed by atoms with Gasteiger partial charge in [-0.15, -0.1) is 0 Å². The van der Waals surface area contributed by atoms with Crippen LogP contribution >= 0.6 is 0 Å². The molecule has 2 N–H and O–H groups in total. The Bertz CT molecular complexity index is 759. The van der Waals surface area contributed by atoms with Crippen molar-refractivity contribution in [1.29, 1.82) is 0 Å². The molecule has 0 spiro atoms. The summed E-state index contributed by atoms with van der Waals surface area (Å²) in [6.07, 6.45) is 2.00. The standard InChI is InChI=1S/C20H20N2O3/c1-2-19(23)21-12-14-7-9-15(10-8-14)20(24)22-13-17-11-16-5-3-4-6-18(16)25-17/h2-10,17H,1,11-13H2,(H,21,23)(H,22,24). The first-order valence-corrected chi connectivity index (χ1v) is 8.17. The number of nitrogens with one attached hydrogen (secondary N) is 2. The van der Waals surface area contributed by atoms with Crippen LogP contribution in [0.2, 0.25) is 0 Å². The van der Waals surface area contributed by atoms with Gasteiger partial charge in [0.25, 0.3) is 5.91 Å². The number of benzene rings is 2. The van der Waals surface area contributed by atoms with Gasteiger partial charge in [-0.05, 0) is 35.4 Å². The minimum absolute atomic E-state index is 0.0326.